The second kappa shape index (κ2) is 8.13. The zero-order valence-corrected chi connectivity index (χ0v) is 14.8. The Morgan fingerprint density at radius 3 is 2.42 bits per heavy atom. The highest BCUT2D eigenvalue weighted by atomic mass is 35.5. The number of benzene rings is 1. The first kappa shape index (κ1) is 18.2. The van der Waals surface area contributed by atoms with E-state index >= 15 is 0 Å². The van der Waals surface area contributed by atoms with Gasteiger partial charge in [-0.3, -0.25) is 14.6 Å². The molecule has 1 aromatic carbocycles. The van der Waals surface area contributed by atoms with Crippen LogP contribution < -0.4 is 10.6 Å². The fourth-order valence-electron chi connectivity index (χ4n) is 1.89. The predicted octanol–water partition coefficient (Wildman–Crippen LogP) is 4.03. The molecule has 2 amide bonds. The first-order valence-corrected chi connectivity index (χ1v) is 8.13. The van der Waals surface area contributed by atoms with Crippen molar-refractivity contribution in [2.75, 3.05) is 11.9 Å². The van der Waals surface area contributed by atoms with Crippen LogP contribution in [0.3, 0.4) is 0 Å². The van der Waals surface area contributed by atoms with Gasteiger partial charge in [-0.1, -0.05) is 43.1 Å². The number of hydrogen-bond acceptors (Lipinski definition) is 3. The standard InChI is InChI=1S/C17H17Cl2N3O2/c1-10(2)9-21-16(23)11-6-7-20-14(8-11)17(24)22-15-12(18)4-3-5-13(15)19/h3-8,10H,9H2,1-2H3,(H,21,23)(H,22,24). The summed E-state index contributed by atoms with van der Waals surface area (Å²) in [5.74, 6) is -0.416. The van der Waals surface area contributed by atoms with Gasteiger partial charge in [0.05, 0.1) is 15.7 Å². The van der Waals surface area contributed by atoms with Gasteiger partial charge in [0.15, 0.2) is 0 Å². The van der Waals surface area contributed by atoms with Crippen LogP contribution >= 0.6 is 23.2 Å². The molecule has 2 aromatic rings. The maximum atomic E-state index is 12.3. The van der Waals surface area contributed by atoms with Crippen LogP contribution in [0.15, 0.2) is 36.5 Å². The summed E-state index contributed by atoms with van der Waals surface area (Å²) >= 11 is 12.1. The van der Waals surface area contributed by atoms with Crippen LogP contribution in [0.1, 0.15) is 34.7 Å². The summed E-state index contributed by atoms with van der Waals surface area (Å²) in [7, 11) is 0. The van der Waals surface area contributed by atoms with Crippen LogP contribution in [-0.2, 0) is 0 Å². The van der Waals surface area contributed by atoms with E-state index in [0.29, 0.717) is 33.8 Å². The van der Waals surface area contributed by atoms with E-state index in [1.807, 2.05) is 13.8 Å². The Morgan fingerprint density at radius 1 is 1.12 bits per heavy atom. The molecule has 1 aromatic heterocycles. The zero-order valence-electron chi connectivity index (χ0n) is 13.3. The second-order valence-corrected chi connectivity index (χ2v) is 6.40. The van der Waals surface area contributed by atoms with Crippen molar-refractivity contribution in [1.29, 1.82) is 0 Å². The summed E-state index contributed by atoms with van der Waals surface area (Å²) in [6, 6.07) is 7.89. The van der Waals surface area contributed by atoms with Gasteiger partial charge in [-0.05, 0) is 30.2 Å². The molecule has 126 valence electrons. The number of halogens is 2. The summed E-state index contributed by atoms with van der Waals surface area (Å²) in [5, 5.41) is 6.05. The number of nitrogens with one attached hydrogen (secondary N) is 2. The van der Waals surface area contributed by atoms with Crippen molar-refractivity contribution in [2.24, 2.45) is 5.92 Å². The number of aromatic nitrogens is 1. The maximum Gasteiger partial charge on any atom is 0.274 e. The minimum absolute atomic E-state index is 0.100. The topological polar surface area (TPSA) is 71.1 Å². The zero-order chi connectivity index (χ0) is 17.7. The molecule has 2 rings (SSSR count). The molecule has 0 radical (unpaired) electrons. The van der Waals surface area contributed by atoms with Crippen LogP contribution in [0.5, 0.6) is 0 Å². The first-order valence-electron chi connectivity index (χ1n) is 7.38. The second-order valence-electron chi connectivity index (χ2n) is 5.58. The monoisotopic (exact) mass is 365 g/mol. The van der Waals surface area contributed by atoms with Crippen molar-refractivity contribution in [1.82, 2.24) is 10.3 Å². The molecule has 5 nitrogen and oxygen atoms in total. The van der Waals surface area contributed by atoms with Gasteiger partial charge in [-0.2, -0.15) is 0 Å². The number of amides is 2. The van der Waals surface area contributed by atoms with Crippen molar-refractivity contribution in [3.63, 3.8) is 0 Å². The largest absolute Gasteiger partial charge is 0.352 e. The van der Waals surface area contributed by atoms with E-state index in [4.69, 9.17) is 23.2 Å². The van der Waals surface area contributed by atoms with E-state index in [9.17, 15) is 9.59 Å². The van der Waals surface area contributed by atoms with E-state index in [-0.39, 0.29) is 11.6 Å². The molecule has 0 fully saturated rings. The molecule has 0 atom stereocenters. The van der Waals surface area contributed by atoms with E-state index in [2.05, 4.69) is 15.6 Å². The summed E-state index contributed by atoms with van der Waals surface area (Å²) in [6.07, 6.45) is 1.41. The molecule has 7 heteroatoms. The Kier molecular flexibility index (Phi) is 6.17. The van der Waals surface area contributed by atoms with Gasteiger partial charge in [-0.25, -0.2) is 0 Å². The smallest absolute Gasteiger partial charge is 0.274 e. The van der Waals surface area contributed by atoms with Crippen molar-refractivity contribution < 1.29 is 9.59 Å². The highest BCUT2D eigenvalue weighted by molar-refractivity contribution is 6.40. The minimum Gasteiger partial charge on any atom is -0.352 e. The number of para-hydroxylation sites is 1. The van der Waals surface area contributed by atoms with Gasteiger partial charge in [0.1, 0.15) is 5.69 Å². The molecule has 0 saturated heterocycles. The highest BCUT2D eigenvalue weighted by Crippen LogP contribution is 2.30. The molecule has 1 heterocycles. The average Bonchev–Trinajstić information content (AvgIpc) is 2.56. The summed E-state index contributed by atoms with van der Waals surface area (Å²) < 4.78 is 0. The molecule has 0 aliphatic heterocycles. The lowest BCUT2D eigenvalue weighted by Gasteiger charge is -2.10. The van der Waals surface area contributed by atoms with E-state index in [1.54, 1.807) is 24.3 Å². The lowest BCUT2D eigenvalue weighted by atomic mass is 10.2. The predicted molar refractivity (Wildman–Crippen MR) is 95.8 cm³/mol. The summed E-state index contributed by atoms with van der Waals surface area (Å²) in [4.78, 5) is 28.4. The average molecular weight is 366 g/mol. The van der Waals surface area contributed by atoms with Gasteiger partial charge in [0.25, 0.3) is 11.8 Å². The Morgan fingerprint density at radius 2 is 1.79 bits per heavy atom. The molecule has 0 spiro atoms. The SMILES string of the molecule is CC(C)CNC(=O)c1ccnc(C(=O)Nc2c(Cl)cccc2Cl)c1. The number of nitrogens with zero attached hydrogens (tertiary/aromatic N) is 1. The lowest BCUT2D eigenvalue weighted by molar-refractivity contribution is 0.0949. The van der Waals surface area contributed by atoms with Crippen LogP contribution in [-0.4, -0.2) is 23.3 Å². The molecular weight excluding hydrogens is 349 g/mol. The van der Waals surface area contributed by atoms with Gasteiger partial charge in [0.2, 0.25) is 0 Å². The van der Waals surface area contributed by atoms with Gasteiger partial charge in [0, 0.05) is 18.3 Å². The van der Waals surface area contributed by atoms with Crippen molar-refractivity contribution >= 4 is 40.7 Å². The molecule has 2 N–H and O–H groups in total. The maximum absolute atomic E-state index is 12.3. The fraction of sp³-hybridized carbons (Fsp3) is 0.235. The van der Waals surface area contributed by atoms with Crippen molar-refractivity contribution in [3.8, 4) is 0 Å². The van der Waals surface area contributed by atoms with Gasteiger partial charge in [-0.15, -0.1) is 0 Å². The lowest BCUT2D eigenvalue weighted by Crippen LogP contribution is -2.27. The van der Waals surface area contributed by atoms with Gasteiger partial charge >= 0.3 is 0 Å². The Hall–Kier alpha value is -2.11. The third-order valence-corrected chi connectivity index (χ3v) is 3.76. The van der Waals surface area contributed by atoms with Crippen molar-refractivity contribution in [3.05, 3.63) is 57.8 Å². The van der Waals surface area contributed by atoms with E-state index in [0.717, 1.165) is 0 Å². The highest BCUT2D eigenvalue weighted by Gasteiger charge is 2.15. The fourth-order valence-corrected chi connectivity index (χ4v) is 2.38. The van der Waals surface area contributed by atoms with E-state index < -0.39 is 5.91 Å². The Balaban J connectivity index is 2.16. The van der Waals surface area contributed by atoms with Gasteiger partial charge < -0.3 is 10.6 Å². The molecule has 0 aliphatic carbocycles. The molecular formula is C17H17Cl2N3O2. The van der Waals surface area contributed by atoms with Crippen LogP contribution in [0.25, 0.3) is 0 Å². The van der Waals surface area contributed by atoms with E-state index in [1.165, 1.54) is 12.3 Å². The number of carbonyl (C=O) groups is 2. The molecule has 0 unspecified atom stereocenters. The van der Waals surface area contributed by atoms with Crippen LogP contribution in [0, 0.1) is 5.92 Å². The summed E-state index contributed by atoms with van der Waals surface area (Å²) in [5.41, 5.74) is 0.770. The third kappa shape index (κ3) is 4.69. The quantitative estimate of drug-likeness (QED) is 0.840. The Bertz CT molecular complexity index is 743. The third-order valence-electron chi connectivity index (χ3n) is 3.13. The Labute approximate surface area is 150 Å². The molecule has 0 bridgehead atoms. The van der Waals surface area contributed by atoms with Crippen LogP contribution in [0.2, 0.25) is 10.0 Å². The number of anilines is 1. The van der Waals surface area contributed by atoms with Crippen molar-refractivity contribution in [2.45, 2.75) is 13.8 Å². The molecule has 0 saturated carbocycles. The normalized spacial score (nSPS) is 10.5. The minimum atomic E-state index is -0.497. The number of hydrogen-bond donors (Lipinski definition) is 2. The molecule has 0 aliphatic rings. The molecule has 24 heavy (non-hydrogen) atoms. The first-order chi connectivity index (χ1) is 11.4. The van der Waals surface area contributed by atoms with Crippen LogP contribution in [0.4, 0.5) is 5.69 Å². The summed E-state index contributed by atoms with van der Waals surface area (Å²) in [6.45, 7) is 4.55. The number of carbonyl (C=O) groups excluding carboxylic acids is 2. The number of rotatable bonds is 5. The number of pyridine rings is 1.